The van der Waals surface area contributed by atoms with E-state index < -0.39 is 6.09 Å². The smallest absolute Gasteiger partial charge is 0.409 e. The van der Waals surface area contributed by atoms with Crippen LogP contribution in [0.5, 0.6) is 5.75 Å². The molecule has 1 atom stereocenters. The summed E-state index contributed by atoms with van der Waals surface area (Å²) in [5.41, 5.74) is 7.10. The largest absolute Gasteiger partial charge is 0.410 e. The number of fused-ring (bicyclic) bond motifs is 2. The summed E-state index contributed by atoms with van der Waals surface area (Å²) in [6, 6.07) is 5.51. The highest BCUT2D eigenvalue weighted by atomic mass is 16.5. The van der Waals surface area contributed by atoms with Gasteiger partial charge in [-0.05, 0) is 29.7 Å². The zero-order valence-corrected chi connectivity index (χ0v) is 11.1. The minimum Gasteiger partial charge on any atom is -0.410 e. The van der Waals surface area contributed by atoms with Crippen LogP contribution in [0, 0.1) is 0 Å². The summed E-state index contributed by atoms with van der Waals surface area (Å²) in [5, 5.41) is 6.22. The number of carbonyl (C=O) groups excluding carboxylic acids is 2. The van der Waals surface area contributed by atoms with Crippen LogP contribution in [0.3, 0.4) is 0 Å². The second-order valence-corrected chi connectivity index (χ2v) is 5.40. The molecular formula is C14H17N3O3. The van der Waals surface area contributed by atoms with E-state index in [1.165, 1.54) is 5.56 Å². The molecule has 2 aliphatic rings. The van der Waals surface area contributed by atoms with Gasteiger partial charge in [0.2, 0.25) is 5.91 Å². The van der Waals surface area contributed by atoms with Gasteiger partial charge in [-0.2, -0.15) is 0 Å². The van der Waals surface area contributed by atoms with Crippen LogP contribution < -0.4 is 21.1 Å². The molecule has 6 heteroatoms. The summed E-state index contributed by atoms with van der Waals surface area (Å²) >= 11 is 0. The van der Waals surface area contributed by atoms with E-state index in [0.29, 0.717) is 25.3 Å². The van der Waals surface area contributed by atoms with E-state index in [0.717, 1.165) is 18.5 Å². The fraction of sp³-hybridized carbons (Fsp3) is 0.429. The van der Waals surface area contributed by atoms with Crippen LogP contribution in [0.25, 0.3) is 0 Å². The van der Waals surface area contributed by atoms with Crippen molar-refractivity contribution in [2.45, 2.75) is 24.8 Å². The van der Waals surface area contributed by atoms with Crippen molar-refractivity contribution in [3.63, 3.8) is 0 Å². The van der Waals surface area contributed by atoms with Gasteiger partial charge in [-0.15, -0.1) is 0 Å². The van der Waals surface area contributed by atoms with Gasteiger partial charge in [0.1, 0.15) is 5.75 Å². The van der Waals surface area contributed by atoms with Crippen molar-refractivity contribution in [2.24, 2.45) is 5.73 Å². The third kappa shape index (κ3) is 2.22. The Bertz CT molecular complexity index is 573. The zero-order valence-electron chi connectivity index (χ0n) is 11.1. The number of amides is 2. The molecule has 1 spiro atoms. The molecule has 2 amide bonds. The Labute approximate surface area is 116 Å². The molecule has 106 valence electrons. The van der Waals surface area contributed by atoms with Gasteiger partial charge in [0.25, 0.3) is 0 Å². The lowest BCUT2D eigenvalue weighted by atomic mass is 9.69. The summed E-state index contributed by atoms with van der Waals surface area (Å²) in [5.74, 6) is 0.527. The van der Waals surface area contributed by atoms with E-state index in [4.69, 9.17) is 10.5 Å². The monoisotopic (exact) mass is 275 g/mol. The summed E-state index contributed by atoms with van der Waals surface area (Å²) in [4.78, 5) is 22.5. The first-order valence-electron chi connectivity index (χ1n) is 6.67. The molecule has 1 fully saturated rings. The van der Waals surface area contributed by atoms with E-state index in [9.17, 15) is 9.59 Å². The van der Waals surface area contributed by atoms with Crippen LogP contribution in [0.2, 0.25) is 0 Å². The zero-order chi connectivity index (χ0) is 14.2. The number of carbonyl (C=O) groups is 2. The van der Waals surface area contributed by atoms with Gasteiger partial charge >= 0.3 is 6.09 Å². The maximum Gasteiger partial charge on any atom is 0.409 e. The van der Waals surface area contributed by atoms with Gasteiger partial charge in [-0.1, -0.05) is 6.07 Å². The van der Waals surface area contributed by atoms with Gasteiger partial charge < -0.3 is 21.1 Å². The maximum absolute atomic E-state index is 11.7. The van der Waals surface area contributed by atoms with Crippen molar-refractivity contribution in [1.82, 2.24) is 10.6 Å². The Kier molecular flexibility index (Phi) is 3.10. The molecule has 1 unspecified atom stereocenters. The molecule has 20 heavy (non-hydrogen) atoms. The Hall–Kier alpha value is -2.08. The van der Waals surface area contributed by atoms with Crippen molar-refractivity contribution in [3.8, 4) is 5.75 Å². The molecule has 1 aromatic rings. The van der Waals surface area contributed by atoms with Crippen LogP contribution in [-0.4, -0.2) is 25.1 Å². The van der Waals surface area contributed by atoms with Crippen LogP contribution in [0.15, 0.2) is 18.2 Å². The number of hydrogen-bond acceptors (Lipinski definition) is 4. The lowest BCUT2D eigenvalue weighted by Gasteiger charge is -2.42. The topological polar surface area (TPSA) is 93.5 Å². The number of rotatable bonds is 1. The maximum atomic E-state index is 11.7. The van der Waals surface area contributed by atoms with E-state index in [-0.39, 0.29) is 11.3 Å². The molecule has 0 saturated carbocycles. The Balaban J connectivity index is 1.96. The van der Waals surface area contributed by atoms with Crippen molar-refractivity contribution >= 4 is 12.0 Å². The molecule has 4 N–H and O–H groups in total. The van der Waals surface area contributed by atoms with Crippen molar-refractivity contribution in [1.29, 1.82) is 0 Å². The molecule has 2 heterocycles. The molecule has 6 nitrogen and oxygen atoms in total. The van der Waals surface area contributed by atoms with Gasteiger partial charge in [-0.25, -0.2) is 4.79 Å². The number of piperidine rings is 1. The predicted molar refractivity (Wildman–Crippen MR) is 72.3 cm³/mol. The SMILES string of the molecule is NC(=O)Oc1ccc2c(c1)CNCC21CCNC(=O)C1. The molecule has 1 aromatic carbocycles. The molecule has 1 saturated heterocycles. The lowest BCUT2D eigenvalue weighted by Crippen LogP contribution is -2.51. The second kappa shape index (κ2) is 4.79. The second-order valence-electron chi connectivity index (χ2n) is 5.40. The average Bonchev–Trinajstić information content (AvgIpc) is 2.38. The predicted octanol–water partition coefficient (Wildman–Crippen LogP) is 0.395. The van der Waals surface area contributed by atoms with Crippen molar-refractivity contribution in [3.05, 3.63) is 29.3 Å². The minimum absolute atomic E-state index is 0.0864. The summed E-state index contributed by atoms with van der Waals surface area (Å²) < 4.78 is 4.91. The summed E-state index contributed by atoms with van der Waals surface area (Å²) in [6.07, 6.45) is 0.582. The average molecular weight is 275 g/mol. The van der Waals surface area contributed by atoms with Crippen LogP contribution in [0.1, 0.15) is 24.0 Å². The van der Waals surface area contributed by atoms with Crippen LogP contribution >= 0.6 is 0 Å². The van der Waals surface area contributed by atoms with Gasteiger partial charge in [0, 0.05) is 31.5 Å². The molecule has 0 bridgehead atoms. The number of hydrogen-bond donors (Lipinski definition) is 3. The normalized spacial score (nSPS) is 24.9. The number of benzene rings is 1. The van der Waals surface area contributed by atoms with Crippen molar-refractivity contribution in [2.75, 3.05) is 13.1 Å². The Morgan fingerprint density at radius 1 is 1.40 bits per heavy atom. The lowest BCUT2D eigenvalue weighted by molar-refractivity contribution is -0.124. The van der Waals surface area contributed by atoms with Crippen molar-refractivity contribution < 1.29 is 14.3 Å². The third-order valence-electron chi connectivity index (χ3n) is 4.07. The number of primary amides is 1. The van der Waals surface area contributed by atoms with Crippen LogP contribution in [0.4, 0.5) is 4.79 Å². The van der Waals surface area contributed by atoms with Gasteiger partial charge in [0.15, 0.2) is 0 Å². The number of ether oxygens (including phenoxy) is 1. The van der Waals surface area contributed by atoms with Gasteiger partial charge in [0.05, 0.1) is 0 Å². The fourth-order valence-electron chi connectivity index (χ4n) is 3.23. The third-order valence-corrected chi connectivity index (χ3v) is 4.07. The molecule has 2 aliphatic heterocycles. The molecule has 0 aromatic heterocycles. The molecule has 3 rings (SSSR count). The minimum atomic E-state index is -0.819. The number of nitrogens with two attached hydrogens (primary N) is 1. The van der Waals surface area contributed by atoms with Gasteiger partial charge in [-0.3, -0.25) is 4.79 Å². The Morgan fingerprint density at radius 3 is 3.00 bits per heavy atom. The first-order valence-corrected chi connectivity index (χ1v) is 6.67. The summed E-state index contributed by atoms with van der Waals surface area (Å²) in [6.45, 7) is 2.19. The summed E-state index contributed by atoms with van der Waals surface area (Å²) in [7, 11) is 0. The molecular weight excluding hydrogens is 258 g/mol. The standard InChI is InChI=1S/C14H17N3O3/c15-13(19)20-10-1-2-11-9(5-10)7-16-8-14(11)3-4-17-12(18)6-14/h1-2,5,16H,3-4,6-8H2,(H2,15,19)(H,17,18). The highest BCUT2D eigenvalue weighted by molar-refractivity contribution is 5.79. The van der Waals surface area contributed by atoms with E-state index in [1.54, 1.807) is 6.07 Å². The fourth-order valence-corrected chi connectivity index (χ4v) is 3.23. The number of nitrogens with one attached hydrogen (secondary N) is 2. The molecule has 0 aliphatic carbocycles. The molecule has 0 radical (unpaired) electrons. The first kappa shape index (κ1) is 12.9. The van der Waals surface area contributed by atoms with E-state index in [2.05, 4.69) is 10.6 Å². The van der Waals surface area contributed by atoms with Crippen LogP contribution in [-0.2, 0) is 16.8 Å². The highest BCUT2D eigenvalue weighted by Gasteiger charge is 2.40. The first-order chi connectivity index (χ1) is 9.59. The Morgan fingerprint density at radius 2 is 2.25 bits per heavy atom. The quantitative estimate of drug-likeness (QED) is 0.691. The highest BCUT2D eigenvalue weighted by Crippen LogP contribution is 2.39. The van der Waals surface area contributed by atoms with E-state index >= 15 is 0 Å². The van der Waals surface area contributed by atoms with E-state index in [1.807, 2.05) is 12.1 Å².